The molecule has 0 rings (SSSR count). The second-order valence-corrected chi connectivity index (χ2v) is 3.17. The molecule has 0 aromatic rings. The van der Waals surface area contributed by atoms with Gasteiger partial charge in [-0.1, -0.05) is 0 Å². The highest BCUT2D eigenvalue weighted by atomic mass is 19.3. The lowest BCUT2D eigenvalue weighted by molar-refractivity contribution is -0.150. The molecule has 0 aliphatic heterocycles. The van der Waals surface area contributed by atoms with Crippen molar-refractivity contribution in [2.24, 2.45) is 5.73 Å². The molecular formula is C8H14F2N2O4. The van der Waals surface area contributed by atoms with Crippen LogP contribution in [0.15, 0.2) is 0 Å². The second-order valence-electron chi connectivity index (χ2n) is 3.17. The summed E-state index contributed by atoms with van der Waals surface area (Å²) < 4.78 is 29.0. The number of hydrogen-bond acceptors (Lipinski definition) is 4. The number of halogens is 2. The Morgan fingerprint density at radius 1 is 1.56 bits per heavy atom. The first-order valence-electron chi connectivity index (χ1n) is 4.47. The van der Waals surface area contributed by atoms with E-state index in [1.54, 1.807) is 0 Å². The number of amides is 1. The molecule has 0 radical (unpaired) electrons. The number of aliphatic carboxylic acids is 1. The minimum Gasteiger partial charge on any atom is -0.480 e. The minimum absolute atomic E-state index is 0.0161. The molecule has 0 bridgehead atoms. The summed E-state index contributed by atoms with van der Waals surface area (Å²) in [5, 5.41) is 10.8. The number of ether oxygens (including phenoxy) is 1. The van der Waals surface area contributed by atoms with Gasteiger partial charge in [0, 0.05) is 6.54 Å². The predicted octanol–water partition coefficient (Wildman–Crippen LogP) is 0.170. The third kappa shape index (κ3) is 3.97. The van der Waals surface area contributed by atoms with E-state index in [1.165, 1.54) is 0 Å². The van der Waals surface area contributed by atoms with E-state index >= 15 is 0 Å². The van der Waals surface area contributed by atoms with Gasteiger partial charge in [0.15, 0.2) is 5.54 Å². The van der Waals surface area contributed by atoms with Crippen LogP contribution < -0.4 is 11.1 Å². The van der Waals surface area contributed by atoms with E-state index in [0.29, 0.717) is 0 Å². The molecule has 16 heavy (non-hydrogen) atoms. The maximum Gasteiger partial charge on any atom is 0.406 e. The van der Waals surface area contributed by atoms with Crippen LogP contribution in [0.1, 0.15) is 12.8 Å². The molecule has 0 aromatic carbocycles. The molecule has 0 spiro atoms. The summed E-state index contributed by atoms with van der Waals surface area (Å²) in [4.78, 5) is 21.1. The fourth-order valence-electron chi connectivity index (χ4n) is 0.953. The molecule has 0 heterocycles. The van der Waals surface area contributed by atoms with Crippen molar-refractivity contribution in [1.29, 1.82) is 0 Å². The average Bonchev–Trinajstić information content (AvgIpc) is 2.22. The van der Waals surface area contributed by atoms with Crippen LogP contribution in [0.4, 0.5) is 13.6 Å². The zero-order valence-corrected chi connectivity index (χ0v) is 8.70. The van der Waals surface area contributed by atoms with E-state index in [0.717, 1.165) is 7.11 Å². The first-order valence-corrected chi connectivity index (χ1v) is 4.47. The number of alkyl carbamates (subject to hydrolysis) is 1. The molecule has 4 N–H and O–H groups in total. The van der Waals surface area contributed by atoms with E-state index in [9.17, 15) is 18.4 Å². The van der Waals surface area contributed by atoms with Gasteiger partial charge in [-0.3, -0.25) is 0 Å². The van der Waals surface area contributed by atoms with Crippen molar-refractivity contribution >= 4 is 12.1 Å². The number of carbonyl (C=O) groups is 2. The quantitative estimate of drug-likeness (QED) is 0.574. The van der Waals surface area contributed by atoms with Crippen molar-refractivity contribution in [1.82, 2.24) is 5.32 Å². The van der Waals surface area contributed by atoms with Crippen molar-refractivity contribution in [3.63, 3.8) is 0 Å². The Kier molecular flexibility index (Phi) is 5.65. The van der Waals surface area contributed by atoms with Gasteiger partial charge in [0.1, 0.15) is 0 Å². The molecule has 0 aliphatic carbocycles. The van der Waals surface area contributed by atoms with E-state index in [4.69, 9.17) is 10.8 Å². The van der Waals surface area contributed by atoms with Crippen LogP contribution in [0, 0.1) is 0 Å². The summed E-state index contributed by atoms with van der Waals surface area (Å²) in [6.07, 6.45) is -4.30. The highest BCUT2D eigenvalue weighted by Gasteiger charge is 2.43. The van der Waals surface area contributed by atoms with Gasteiger partial charge in [-0.15, -0.1) is 0 Å². The molecule has 0 saturated carbocycles. The fraction of sp³-hybridized carbons (Fsp3) is 0.750. The van der Waals surface area contributed by atoms with Gasteiger partial charge in [-0.2, -0.15) is 0 Å². The lowest BCUT2D eigenvalue weighted by Crippen LogP contribution is -2.54. The Balaban J connectivity index is 4.06. The minimum atomic E-state index is -3.16. The Morgan fingerprint density at radius 2 is 2.12 bits per heavy atom. The molecule has 8 heteroatoms. The lowest BCUT2D eigenvalue weighted by Gasteiger charge is -2.23. The number of nitrogens with two attached hydrogens (primary N) is 1. The summed E-state index contributed by atoms with van der Waals surface area (Å²) in [6.45, 7) is 0.0195. The maximum absolute atomic E-state index is 12.4. The third-order valence-corrected chi connectivity index (χ3v) is 2.01. The summed E-state index contributed by atoms with van der Waals surface area (Å²) in [5.74, 6) is -1.76. The molecule has 94 valence electrons. The standard InChI is InChI=1S/C8H14F2N2O4/c1-16-7(15)12-4-2-3-8(11,5(9)10)6(13)14/h5H,2-4,11H2,1H3,(H,12,15)(H,13,14). The van der Waals surface area contributed by atoms with Crippen molar-refractivity contribution in [3.8, 4) is 0 Å². The normalized spacial score (nSPS) is 14.3. The molecule has 0 saturated heterocycles. The third-order valence-electron chi connectivity index (χ3n) is 2.01. The van der Waals surface area contributed by atoms with Crippen LogP contribution in [0.5, 0.6) is 0 Å². The van der Waals surface area contributed by atoms with Crippen LogP contribution in [0.25, 0.3) is 0 Å². The van der Waals surface area contributed by atoms with Crippen LogP contribution in [0.2, 0.25) is 0 Å². The molecule has 1 atom stereocenters. The topological polar surface area (TPSA) is 102 Å². The number of methoxy groups -OCH3 is 1. The number of carboxylic acid groups (broad SMARTS) is 1. The van der Waals surface area contributed by atoms with Crippen molar-refractivity contribution < 1.29 is 28.2 Å². The Labute approximate surface area is 90.7 Å². The molecule has 1 amide bonds. The van der Waals surface area contributed by atoms with Crippen molar-refractivity contribution in [2.75, 3.05) is 13.7 Å². The molecule has 0 fully saturated rings. The Hall–Kier alpha value is -1.44. The van der Waals surface area contributed by atoms with E-state index in [-0.39, 0.29) is 13.0 Å². The SMILES string of the molecule is COC(=O)NCCCC(N)(C(=O)O)C(F)F. The average molecular weight is 240 g/mol. The molecule has 0 aromatic heterocycles. The first kappa shape index (κ1) is 14.6. The highest BCUT2D eigenvalue weighted by molar-refractivity contribution is 5.79. The number of alkyl halides is 2. The molecule has 1 unspecified atom stereocenters. The van der Waals surface area contributed by atoms with Crippen LogP contribution in [0.3, 0.4) is 0 Å². The number of hydrogen-bond donors (Lipinski definition) is 3. The van der Waals surface area contributed by atoms with Crippen molar-refractivity contribution in [2.45, 2.75) is 24.8 Å². The summed E-state index contributed by atoms with van der Waals surface area (Å²) in [6, 6.07) is 0. The van der Waals surface area contributed by atoms with Gasteiger partial charge in [0.2, 0.25) is 0 Å². The number of carbonyl (C=O) groups excluding carboxylic acids is 1. The van der Waals surface area contributed by atoms with Crippen LogP contribution in [-0.2, 0) is 9.53 Å². The Morgan fingerprint density at radius 3 is 2.50 bits per heavy atom. The molecular weight excluding hydrogens is 226 g/mol. The molecule has 0 aliphatic rings. The van der Waals surface area contributed by atoms with Crippen LogP contribution >= 0.6 is 0 Å². The zero-order valence-electron chi connectivity index (χ0n) is 8.70. The van der Waals surface area contributed by atoms with Gasteiger partial charge in [0.05, 0.1) is 7.11 Å². The predicted molar refractivity (Wildman–Crippen MR) is 50.2 cm³/mol. The van der Waals surface area contributed by atoms with E-state index < -0.39 is 30.4 Å². The van der Waals surface area contributed by atoms with Gasteiger partial charge in [0.25, 0.3) is 6.43 Å². The number of nitrogens with one attached hydrogen (secondary N) is 1. The van der Waals surface area contributed by atoms with E-state index in [1.807, 2.05) is 0 Å². The number of rotatable bonds is 6. The summed E-state index contributed by atoms with van der Waals surface area (Å²) in [7, 11) is 1.15. The van der Waals surface area contributed by atoms with Crippen LogP contribution in [-0.4, -0.2) is 42.8 Å². The lowest BCUT2D eigenvalue weighted by atomic mass is 9.95. The largest absolute Gasteiger partial charge is 0.480 e. The number of carboxylic acids is 1. The van der Waals surface area contributed by atoms with Gasteiger partial charge >= 0.3 is 12.1 Å². The van der Waals surface area contributed by atoms with Gasteiger partial charge in [-0.25, -0.2) is 18.4 Å². The maximum atomic E-state index is 12.4. The summed E-state index contributed by atoms with van der Waals surface area (Å²) in [5.41, 5.74) is 2.47. The monoisotopic (exact) mass is 240 g/mol. The fourth-order valence-corrected chi connectivity index (χ4v) is 0.953. The van der Waals surface area contributed by atoms with Gasteiger partial charge < -0.3 is 20.9 Å². The molecule has 6 nitrogen and oxygen atoms in total. The van der Waals surface area contributed by atoms with Crippen molar-refractivity contribution in [3.05, 3.63) is 0 Å². The first-order chi connectivity index (χ1) is 7.34. The van der Waals surface area contributed by atoms with E-state index in [2.05, 4.69) is 10.1 Å². The summed E-state index contributed by atoms with van der Waals surface area (Å²) >= 11 is 0. The Bertz CT molecular complexity index is 262. The second kappa shape index (κ2) is 6.21. The smallest absolute Gasteiger partial charge is 0.406 e. The zero-order chi connectivity index (χ0) is 12.8. The highest BCUT2D eigenvalue weighted by Crippen LogP contribution is 2.19. The van der Waals surface area contributed by atoms with Gasteiger partial charge in [-0.05, 0) is 12.8 Å².